The van der Waals surface area contributed by atoms with Gasteiger partial charge in [-0.25, -0.2) is 0 Å². The largest absolute Gasteiger partial charge is 0.0988 e. The van der Waals surface area contributed by atoms with Gasteiger partial charge in [-0.05, 0) is 20.3 Å². The van der Waals surface area contributed by atoms with Crippen LogP contribution >= 0.6 is 0 Å². The Morgan fingerprint density at radius 3 is 2.29 bits per heavy atom. The van der Waals surface area contributed by atoms with Crippen molar-refractivity contribution in [2.45, 2.75) is 13.3 Å². The third-order valence-electron chi connectivity index (χ3n) is 0.922. The first-order valence-electron chi connectivity index (χ1n) is 2.42. The summed E-state index contributed by atoms with van der Waals surface area (Å²) in [6, 6.07) is 0. The van der Waals surface area contributed by atoms with Crippen LogP contribution in [-0.2, 0) is 0 Å². The quantitative estimate of drug-likeness (QED) is 0.462. The highest BCUT2D eigenvalue weighted by molar-refractivity contribution is 5.14. The van der Waals surface area contributed by atoms with E-state index in [1.165, 1.54) is 5.57 Å². The Kier molecular flexibility index (Phi) is 3.39. The molecule has 0 nitrogen and oxygen atoms in total. The van der Waals surface area contributed by atoms with Crippen LogP contribution in [0, 0.1) is 6.92 Å². The van der Waals surface area contributed by atoms with Crippen molar-refractivity contribution in [3.63, 3.8) is 0 Å². The zero-order chi connectivity index (χ0) is 5.70. The number of hydrogen-bond donors (Lipinski definition) is 0. The summed E-state index contributed by atoms with van der Waals surface area (Å²) >= 11 is 0. The van der Waals surface area contributed by atoms with Crippen molar-refractivity contribution < 1.29 is 0 Å². The van der Waals surface area contributed by atoms with Gasteiger partial charge in [0.15, 0.2) is 0 Å². The van der Waals surface area contributed by atoms with E-state index in [-0.39, 0.29) is 0 Å². The molecule has 0 spiro atoms. The van der Waals surface area contributed by atoms with E-state index in [1.807, 2.05) is 19.1 Å². The van der Waals surface area contributed by atoms with Crippen molar-refractivity contribution in [3.8, 4) is 0 Å². The molecule has 0 atom stereocenters. The third-order valence-corrected chi connectivity index (χ3v) is 0.922. The molecule has 0 saturated heterocycles. The highest BCUT2D eigenvalue weighted by Gasteiger charge is 1.77. The fourth-order valence-corrected chi connectivity index (χ4v) is 0.364. The van der Waals surface area contributed by atoms with E-state index in [0.29, 0.717) is 0 Å². The van der Waals surface area contributed by atoms with Crippen LogP contribution in [0.4, 0.5) is 0 Å². The summed E-state index contributed by atoms with van der Waals surface area (Å²) in [7, 11) is 0. The Bertz CT molecular complexity index is 78.0. The molecule has 0 heteroatoms. The van der Waals surface area contributed by atoms with Gasteiger partial charge in [0.05, 0.1) is 0 Å². The first kappa shape index (κ1) is 6.48. The van der Waals surface area contributed by atoms with Crippen LogP contribution in [-0.4, -0.2) is 0 Å². The van der Waals surface area contributed by atoms with Crippen LogP contribution in [0.1, 0.15) is 13.3 Å². The summed E-state index contributed by atoms with van der Waals surface area (Å²) in [5.41, 5.74) is 1.21. The van der Waals surface area contributed by atoms with Crippen molar-refractivity contribution in [2.75, 3.05) is 0 Å². The van der Waals surface area contributed by atoms with E-state index in [0.717, 1.165) is 6.42 Å². The Hall–Kier alpha value is -0.520. The topological polar surface area (TPSA) is 0 Å². The van der Waals surface area contributed by atoms with E-state index in [9.17, 15) is 0 Å². The molecule has 0 bridgehead atoms. The smallest absolute Gasteiger partial charge is 0.0282 e. The van der Waals surface area contributed by atoms with Crippen LogP contribution < -0.4 is 0 Å². The third kappa shape index (κ3) is 2.21. The summed E-state index contributed by atoms with van der Waals surface area (Å²) in [6.45, 7) is 9.27. The Labute approximate surface area is 45.5 Å². The molecule has 0 rings (SSSR count). The molecule has 0 aromatic heterocycles. The average Bonchev–Trinajstić information content (AvgIpc) is 1.72. The Balaban J connectivity index is 3.60. The van der Waals surface area contributed by atoms with Crippen LogP contribution in [0.25, 0.3) is 0 Å². The summed E-state index contributed by atoms with van der Waals surface area (Å²) < 4.78 is 0. The molecule has 0 unspecified atom stereocenters. The van der Waals surface area contributed by atoms with Crippen molar-refractivity contribution in [1.82, 2.24) is 0 Å². The lowest BCUT2D eigenvalue weighted by atomic mass is 10.2. The molecule has 0 amide bonds. The molecule has 1 radical (unpaired) electrons. The molecule has 0 N–H and O–H groups in total. The molecular formula is C7H11. The predicted octanol–water partition coefficient (Wildman–Crippen LogP) is 2.34. The summed E-state index contributed by atoms with van der Waals surface area (Å²) in [5, 5.41) is 0. The van der Waals surface area contributed by atoms with E-state index in [4.69, 9.17) is 0 Å². The highest BCUT2D eigenvalue weighted by Crippen LogP contribution is 1.97. The molecule has 0 aromatic rings. The predicted molar refractivity (Wildman–Crippen MR) is 33.9 cm³/mol. The molecular weight excluding hydrogens is 84.1 g/mol. The van der Waals surface area contributed by atoms with Gasteiger partial charge in [0, 0.05) is 0 Å². The second kappa shape index (κ2) is 3.66. The van der Waals surface area contributed by atoms with Gasteiger partial charge in [-0.2, -0.15) is 0 Å². The van der Waals surface area contributed by atoms with Crippen LogP contribution in [0.15, 0.2) is 24.3 Å². The lowest BCUT2D eigenvalue weighted by molar-refractivity contribution is 1.28. The lowest BCUT2D eigenvalue weighted by Gasteiger charge is -1.88. The lowest BCUT2D eigenvalue weighted by Crippen LogP contribution is -1.68. The van der Waals surface area contributed by atoms with E-state index in [2.05, 4.69) is 13.5 Å². The summed E-state index contributed by atoms with van der Waals surface area (Å²) in [6.07, 6.45) is 4.69. The minimum atomic E-state index is 0.847. The molecule has 7 heavy (non-hydrogen) atoms. The fourth-order valence-electron chi connectivity index (χ4n) is 0.364. The van der Waals surface area contributed by atoms with Gasteiger partial charge in [0.25, 0.3) is 0 Å². The minimum absolute atomic E-state index is 0.847. The van der Waals surface area contributed by atoms with Gasteiger partial charge in [0.1, 0.15) is 0 Å². The first-order valence-corrected chi connectivity index (χ1v) is 2.42. The maximum atomic E-state index is 3.69. The molecule has 0 heterocycles. The molecule has 0 aliphatic carbocycles. The number of rotatable bonds is 2. The van der Waals surface area contributed by atoms with Crippen molar-refractivity contribution in [1.29, 1.82) is 0 Å². The zero-order valence-corrected chi connectivity index (χ0v) is 4.78. The summed E-state index contributed by atoms with van der Waals surface area (Å²) in [4.78, 5) is 0. The van der Waals surface area contributed by atoms with Crippen LogP contribution in [0.3, 0.4) is 0 Å². The van der Waals surface area contributed by atoms with Crippen molar-refractivity contribution >= 4 is 0 Å². The molecule has 0 aromatic carbocycles. The standard InChI is InChI=1S/C7H11/c1-4-7(5-2)6-3/h4,6H,1-2,5H2,3H3. The molecule has 0 aliphatic rings. The monoisotopic (exact) mass is 95.1 g/mol. The van der Waals surface area contributed by atoms with Gasteiger partial charge >= 0.3 is 0 Å². The molecule has 0 aliphatic heterocycles. The van der Waals surface area contributed by atoms with Gasteiger partial charge < -0.3 is 0 Å². The van der Waals surface area contributed by atoms with Crippen LogP contribution in [0.2, 0.25) is 0 Å². The van der Waals surface area contributed by atoms with Gasteiger partial charge in [-0.1, -0.05) is 24.3 Å². The van der Waals surface area contributed by atoms with Crippen molar-refractivity contribution in [2.24, 2.45) is 0 Å². The molecule has 0 saturated carbocycles. The number of hydrogen-bond acceptors (Lipinski definition) is 0. The normalized spacial score (nSPS) is 11.4. The zero-order valence-electron chi connectivity index (χ0n) is 4.78. The Morgan fingerprint density at radius 2 is 2.29 bits per heavy atom. The SMILES string of the molecule is [CH2]CC(C=C)=CC. The van der Waals surface area contributed by atoms with E-state index >= 15 is 0 Å². The van der Waals surface area contributed by atoms with Crippen molar-refractivity contribution in [3.05, 3.63) is 31.2 Å². The second-order valence-corrected chi connectivity index (χ2v) is 1.32. The second-order valence-electron chi connectivity index (χ2n) is 1.32. The van der Waals surface area contributed by atoms with Gasteiger partial charge in [-0.15, -0.1) is 0 Å². The minimum Gasteiger partial charge on any atom is -0.0988 e. The average molecular weight is 95.2 g/mol. The Morgan fingerprint density at radius 1 is 1.71 bits per heavy atom. The fraction of sp³-hybridized carbons (Fsp3) is 0.286. The van der Waals surface area contributed by atoms with Crippen LogP contribution in [0.5, 0.6) is 0 Å². The molecule has 0 fully saturated rings. The van der Waals surface area contributed by atoms with Gasteiger partial charge in [-0.3, -0.25) is 0 Å². The maximum Gasteiger partial charge on any atom is -0.0282 e. The van der Waals surface area contributed by atoms with E-state index in [1.54, 1.807) is 0 Å². The van der Waals surface area contributed by atoms with Gasteiger partial charge in [0.2, 0.25) is 0 Å². The maximum absolute atomic E-state index is 3.69. The molecule has 39 valence electrons. The van der Waals surface area contributed by atoms with E-state index < -0.39 is 0 Å². The highest BCUT2D eigenvalue weighted by atomic mass is 13.8. The number of allylic oxidation sites excluding steroid dienone is 3. The summed E-state index contributed by atoms with van der Waals surface area (Å²) in [5.74, 6) is 0. The first-order chi connectivity index (χ1) is 3.35.